The lowest BCUT2D eigenvalue weighted by Crippen LogP contribution is -2.09. The van der Waals surface area contributed by atoms with Crippen LogP contribution in [0.1, 0.15) is 30.4 Å². The number of aliphatic carboxylic acids is 1. The number of carboxylic acids is 1. The third-order valence-corrected chi connectivity index (χ3v) is 3.08. The van der Waals surface area contributed by atoms with E-state index >= 15 is 0 Å². The third kappa shape index (κ3) is 1.52. The Kier molecular flexibility index (Phi) is 2.28. The Balaban J connectivity index is 2.30. The fourth-order valence-corrected chi connectivity index (χ4v) is 2.38. The van der Waals surface area contributed by atoms with Crippen molar-refractivity contribution in [3.05, 3.63) is 35.4 Å². The van der Waals surface area contributed by atoms with E-state index in [1.807, 2.05) is 12.1 Å². The highest BCUT2D eigenvalue weighted by atomic mass is 16.4. The van der Waals surface area contributed by atoms with Crippen molar-refractivity contribution in [2.45, 2.75) is 25.7 Å². The SMILES string of the molecule is CC1Cc2ccccc2C1CC(=O)O. The fraction of sp³-hybridized carbons (Fsp3) is 0.417. The number of benzene rings is 1. The van der Waals surface area contributed by atoms with Crippen molar-refractivity contribution < 1.29 is 9.90 Å². The molecule has 2 heteroatoms. The molecule has 74 valence electrons. The van der Waals surface area contributed by atoms with Crippen LogP contribution in [0.25, 0.3) is 0 Å². The predicted octanol–water partition coefficient (Wildman–Crippen LogP) is 2.44. The van der Waals surface area contributed by atoms with Crippen LogP contribution >= 0.6 is 0 Å². The molecule has 1 aliphatic carbocycles. The van der Waals surface area contributed by atoms with Gasteiger partial charge in [-0.2, -0.15) is 0 Å². The van der Waals surface area contributed by atoms with Gasteiger partial charge in [0, 0.05) is 0 Å². The van der Waals surface area contributed by atoms with Gasteiger partial charge in [-0.25, -0.2) is 0 Å². The van der Waals surface area contributed by atoms with E-state index in [1.165, 1.54) is 11.1 Å². The van der Waals surface area contributed by atoms with E-state index < -0.39 is 5.97 Å². The molecule has 2 nitrogen and oxygen atoms in total. The maximum atomic E-state index is 10.7. The Labute approximate surface area is 83.6 Å². The number of hydrogen-bond donors (Lipinski definition) is 1. The molecule has 0 aliphatic heterocycles. The molecule has 0 saturated carbocycles. The van der Waals surface area contributed by atoms with E-state index in [0.29, 0.717) is 5.92 Å². The number of fused-ring (bicyclic) bond motifs is 1. The molecule has 1 aliphatic rings. The van der Waals surface area contributed by atoms with Crippen LogP contribution in [0, 0.1) is 5.92 Å². The molecule has 0 saturated heterocycles. The van der Waals surface area contributed by atoms with E-state index in [2.05, 4.69) is 19.1 Å². The Morgan fingerprint density at radius 2 is 2.21 bits per heavy atom. The molecule has 0 aromatic heterocycles. The zero-order valence-corrected chi connectivity index (χ0v) is 8.23. The van der Waals surface area contributed by atoms with Gasteiger partial charge in [0.1, 0.15) is 0 Å². The van der Waals surface area contributed by atoms with Gasteiger partial charge >= 0.3 is 5.97 Å². The summed E-state index contributed by atoms with van der Waals surface area (Å²) in [7, 11) is 0. The van der Waals surface area contributed by atoms with Crippen molar-refractivity contribution >= 4 is 5.97 Å². The summed E-state index contributed by atoms with van der Waals surface area (Å²) in [5.74, 6) is -0.0225. The van der Waals surface area contributed by atoms with Crippen molar-refractivity contribution in [3.8, 4) is 0 Å². The molecule has 2 atom stereocenters. The first kappa shape index (κ1) is 9.25. The Morgan fingerprint density at radius 1 is 1.50 bits per heavy atom. The van der Waals surface area contributed by atoms with E-state index in [0.717, 1.165) is 6.42 Å². The van der Waals surface area contributed by atoms with Gasteiger partial charge in [-0.15, -0.1) is 0 Å². The smallest absolute Gasteiger partial charge is 0.303 e. The lowest BCUT2D eigenvalue weighted by atomic mass is 9.91. The molecule has 2 unspecified atom stereocenters. The van der Waals surface area contributed by atoms with Crippen LogP contribution in [-0.4, -0.2) is 11.1 Å². The minimum atomic E-state index is -0.696. The maximum absolute atomic E-state index is 10.7. The summed E-state index contributed by atoms with van der Waals surface area (Å²) in [6, 6.07) is 8.18. The van der Waals surface area contributed by atoms with Crippen LogP contribution in [0.15, 0.2) is 24.3 Å². The van der Waals surface area contributed by atoms with Gasteiger partial charge in [0.25, 0.3) is 0 Å². The average molecular weight is 190 g/mol. The van der Waals surface area contributed by atoms with Crippen LogP contribution in [-0.2, 0) is 11.2 Å². The van der Waals surface area contributed by atoms with E-state index in [-0.39, 0.29) is 12.3 Å². The minimum Gasteiger partial charge on any atom is -0.481 e. The lowest BCUT2D eigenvalue weighted by Gasteiger charge is -2.13. The van der Waals surface area contributed by atoms with Gasteiger partial charge in [-0.05, 0) is 29.4 Å². The van der Waals surface area contributed by atoms with Crippen molar-refractivity contribution in [1.29, 1.82) is 0 Å². The highest BCUT2D eigenvalue weighted by molar-refractivity contribution is 5.68. The van der Waals surface area contributed by atoms with Gasteiger partial charge < -0.3 is 5.11 Å². The normalized spacial score (nSPS) is 24.6. The van der Waals surface area contributed by atoms with Crippen LogP contribution in [0.4, 0.5) is 0 Å². The molecule has 1 aromatic rings. The summed E-state index contributed by atoms with van der Waals surface area (Å²) >= 11 is 0. The monoisotopic (exact) mass is 190 g/mol. The van der Waals surface area contributed by atoms with Crippen LogP contribution < -0.4 is 0 Å². The van der Waals surface area contributed by atoms with Crippen molar-refractivity contribution in [3.63, 3.8) is 0 Å². The van der Waals surface area contributed by atoms with Crippen LogP contribution in [0.2, 0.25) is 0 Å². The standard InChI is InChI=1S/C12H14O2/c1-8-6-9-4-2-3-5-10(9)11(8)7-12(13)14/h2-5,8,11H,6-7H2,1H3,(H,13,14). The summed E-state index contributed by atoms with van der Waals surface area (Å²) < 4.78 is 0. The second-order valence-corrected chi connectivity index (χ2v) is 4.08. The largest absolute Gasteiger partial charge is 0.481 e. The second kappa shape index (κ2) is 3.45. The van der Waals surface area contributed by atoms with E-state index in [9.17, 15) is 4.79 Å². The maximum Gasteiger partial charge on any atom is 0.303 e. The molecule has 0 amide bonds. The molecule has 0 heterocycles. The Bertz CT molecular complexity index is 357. The molecular weight excluding hydrogens is 176 g/mol. The molecule has 0 fully saturated rings. The highest BCUT2D eigenvalue weighted by Crippen LogP contribution is 2.39. The third-order valence-electron chi connectivity index (χ3n) is 3.08. The van der Waals surface area contributed by atoms with Crippen molar-refractivity contribution in [1.82, 2.24) is 0 Å². The number of carboxylic acid groups (broad SMARTS) is 1. The summed E-state index contributed by atoms with van der Waals surface area (Å²) in [6.07, 6.45) is 1.28. The molecule has 2 rings (SSSR count). The predicted molar refractivity (Wildman–Crippen MR) is 54.3 cm³/mol. The van der Waals surface area contributed by atoms with Crippen molar-refractivity contribution in [2.24, 2.45) is 5.92 Å². The highest BCUT2D eigenvalue weighted by Gasteiger charge is 2.30. The summed E-state index contributed by atoms with van der Waals surface area (Å²) in [5.41, 5.74) is 2.56. The topological polar surface area (TPSA) is 37.3 Å². The number of hydrogen-bond acceptors (Lipinski definition) is 1. The minimum absolute atomic E-state index is 0.212. The van der Waals surface area contributed by atoms with Crippen LogP contribution in [0.5, 0.6) is 0 Å². The molecule has 1 N–H and O–H groups in total. The van der Waals surface area contributed by atoms with E-state index in [4.69, 9.17) is 5.11 Å². The second-order valence-electron chi connectivity index (χ2n) is 4.08. The molecule has 0 spiro atoms. The van der Waals surface area contributed by atoms with Gasteiger partial charge in [-0.1, -0.05) is 31.2 Å². The first-order chi connectivity index (χ1) is 6.68. The van der Waals surface area contributed by atoms with Gasteiger partial charge in [0.2, 0.25) is 0 Å². The van der Waals surface area contributed by atoms with E-state index in [1.54, 1.807) is 0 Å². The molecular formula is C12H14O2. The van der Waals surface area contributed by atoms with Gasteiger partial charge in [0.15, 0.2) is 0 Å². The Hall–Kier alpha value is -1.31. The number of carbonyl (C=O) groups is 1. The zero-order valence-electron chi connectivity index (χ0n) is 8.23. The first-order valence-electron chi connectivity index (χ1n) is 4.98. The Morgan fingerprint density at radius 3 is 2.93 bits per heavy atom. The molecule has 1 aromatic carbocycles. The van der Waals surface area contributed by atoms with Gasteiger partial charge in [0.05, 0.1) is 6.42 Å². The molecule has 14 heavy (non-hydrogen) atoms. The summed E-state index contributed by atoms with van der Waals surface area (Å²) in [5, 5.41) is 8.82. The molecule has 0 radical (unpaired) electrons. The average Bonchev–Trinajstić information content (AvgIpc) is 2.43. The lowest BCUT2D eigenvalue weighted by molar-refractivity contribution is -0.137. The quantitative estimate of drug-likeness (QED) is 0.777. The fourth-order valence-electron chi connectivity index (χ4n) is 2.38. The van der Waals surface area contributed by atoms with Crippen LogP contribution in [0.3, 0.4) is 0 Å². The summed E-state index contributed by atoms with van der Waals surface area (Å²) in [4.78, 5) is 10.7. The molecule has 0 bridgehead atoms. The summed E-state index contributed by atoms with van der Waals surface area (Å²) in [6.45, 7) is 2.13. The zero-order chi connectivity index (χ0) is 10.1. The first-order valence-corrected chi connectivity index (χ1v) is 4.98. The number of rotatable bonds is 2. The van der Waals surface area contributed by atoms with Gasteiger partial charge in [-0.3, -0.25) is 4.79 Å². The van der Waals surface area contributed by atoms with Crippen molar-refractivity contribution in [2.75, 3.05) is 0 Å².